The lowest BCUT2D eigenvalue weighted by Crippen LogP contribution is -2.33. The number of hydrogen-bond acceptors (Lipinski definition) is 5. The van der Waals surface area contributed by atoms with Crippen LogP contribution in [0.5, 0.6) is 0 Å². The first-order chi connectivity index (χ1) is 14.7. The summed E-state index contributed by atoms with van der Waals surface area (Å²) in [6, 6.07) is 18.1. The number of rotatable bonds is 2. The Hall–Kier alpha value is -4.57. The maximum Gasteiger partial charge on any atom is 0.333 e. The third-order valence-corrected chi connectivity index (χ3v) is 5.01. The van der Waals surface area contributed by atoms with Gasteiger partial charge < -0.3 is 4.98 Å². The van der Waals surface area contributed by atoms with Crippen LogP contribution in [0.2, 0.25) is 0 Å². The molecule has 0 atom stereocenters. The lowest BCUT2D eigenvalue weighted by Gasteiger charge is -2.10. The number of aromatic nitrogens is 4. The number of benzene rings is 2. The number of fused-ring (bicyclic) bond motifs is 2. The highest BCUT2D eigenvalue weighted by Crippen LogP contribution is 2.24. The fourth-order valence-corrected chi connectivity index (χ4v) is 3.61. The maximum atomic E-state index is 13.2. The molecule has 0 fully saturated rings. The molecule has 30 heavy (non-hydrogen) atoms. The Bertz CT molecular complexity index is 1600. The summed E-state index contributed by atoms with van der Waals surface area (Å²) >= 11 is 0. The van der Waals surface area contributed by atoms with E-state index < -0.39 is 11.2 Å². The van der Waals surface area contributed by atoms with Crippen molar-refractivity contribution >= 4 is 21.7 Å². The molecule has 5 aromatic rings. The molecule has 2 aromatic carbocycles. The third-order valence-electron chi connectivity index (χ3n) is 5.01. The van der Waals surface area contributed by atoms with Crippen molar-refractivity contribution in [2.24, 2.45) is 0 Å². The average Bonchev–Trinajstić information content (AvgIpc) is 2.79. The second kappa shape index (κ2) is 6.79. The van der Waals surface area contributed by atoms with E-state index in [1.54, 1.807) is 42.7 Å². The molecule has 0 unspecified atom stereocenters. The van der Waals surface area contributed by atoms with Crippen molar-refractivity contribution in [1.29, 1.82) is 5.26 Å². The van der Waals surface area contributed by atoms with Gasteiger partial charge in [0.1, 0.15) is 11.8 Å². The Labute approximate surface area is 169 Å². The van der Waals surface area contributed by atoms with Gasteiger partial charge in [0.15, 0.2) is 0 Å². The highest BCUT2D eigenvalue weighted by Gasteiger charge is 2.14. The molecule has 7 heteroatoms. The van der Waals surface area contributed by atoms with Gasteiger partial charge in [0, 0.05) is 28.7 Å². The third kappa shape index (κ3) is 2.67. The van der Waals surface area contributed by atoms with Crippen LogP contribution in [0.3, 0.4) is 0 Å². The van der Waals surface area contributed by atoms with Crippen molar-refractivity contribution < 1.29 is 0 Å². The largest absolute Gasteiger partial charge is 0.333 e. The van der Waals surface area contributed by atoms with E-state index in [0.29, 0.717) is 27.7 Å². The topological polar surface area (TPSA) is 104 Å². The Kier molecular flexibility index (Phi) is 3.97. The zero-order valence-electron chi connectivity index (χ0n) is 15.5. The summed E-state index contributed by atoms with van der Waals surface area (Å²) in [6.07, 6.45) is 4.74. The second-order valence-corrected chi connectivity index (χ2v) is 6.72. The molecule has 5 rings (SSSR count). The van der Waals surface area contributed by atoms with E-state index in [0.717, 1.165) is 15.3 Å². The highest BCUT2D eigenvalue weighted by atomic mass is 16.2. The fourth-order valence-electron chi connectivity index (χ4n) is 3.61. The molecule has 0 aliphatic rings. The van der Waals surface area contributed by atoms with Gasteiger partial charge in [0.25, 0.3) is 5.56 Å². The summed E-state index contributed by atoms with van der Waals surface area (Å²) in [7, 11) is 0. The number of pyridine rings is 2. The summed E-state index contributed by atoms with van der Waals surface area (Å²) in [5, 5.41) is 11.2. The monoisotopic (exact) mass is 391 g/mol. The zero-order valence-corrected chi connectivity index (χ0v) is 15.5. The van der Waals surface area contributed by atoms with Crippen LogP contribution in [-0.4, -0.2) is 19.5 Å². The summed E-state index contributed by atoms with van der Waals surface area (Å²) in [5.41, 5.74) is 1.40. The van der Waals surface area contributed by atoms with E-state index in [-0.39, 0.29) is 5.69 Å². The van der Waals surface area contributed by atoms with Crippen molar-refractivity contribution in [3.63, 3.8) is 0 Å². The predicted octanol–water partition coefficient (Wildman–Crippen LogP) is 3.16. The summed E-state index contributed by atoms with van der Waals surface area (Å²) in [5.74, 6) is 0. The predicted molar refractivity (Wildman–Crippen MR) is 113 cm³/mol. The molecule has 142 valence electrons. The molecular formula is C23H13N5O2. The maximum absolute atomic E-state index is 13.2. The van der Waals surface area contributed by atoms with Gasteiger partial charge in [-0.25, -0.2) is 14.3 Å². The van der Waals surface area contributed by atoms with Crippen molar-refractivity contribution in [2.75, 3.05) is 0 Å². The molecular weight excluding hydrogens is 378 g/mol. The molecule has 0 aliphatic carbocycles. The number of nitrogens with one attached hydrogen (secondary N) is 1. The van der Waals surface area contributed by atoms with Crippen molar-refractivity contribution in [3.8, 4) is 22.9 Å². The van der Waals surface area contributed by atoms with E-state index in [1.807, 2.05) is 24.3 Å². The highest BCUT2D eigenvalue weighted by molar-refractivity contribution is 5.90. The number of hydrogen-bond donors (Lipinski definition) is 1. The van der Waals surface area contributed by atoms with Gasteiger partial charge in [-0.15, -0.1) is 0 Å². The Morgan fingerprint density at radius 2 is 1.83 bits per heavy atom. The van der Waals surface area contributed by atoms with Crippen molar-refractivity contribution in [2.45, 2.75) is 0 Å². The van der Waals surface area contributed by atoms with Gasteiger partial charge in [0.2, 0.25) is 0 Å². The molecule has 0 saturated carbocycles. The molecule has 0 aliphatic heterocycles. The van der Waals surface area contributed by atoms with E-state index in [4.69, 9.17) is 0 Å². The van der Waals surface area contributed by atoms with Crippen molar-refractivity contribution in [3.05, 3.63) is 99.7 Å². The van der Waals surface area contributed by atoms with Crippen LogP contribution in [-0.2, 0) is 0 Å². The minimum Gasteiger partial charge on any atom is -0.306 e. The first-order valence-corrected chi connectivity index (χ1v) is 9.15. The Morgan fingerprint density at radius 1 is 0.967 bits per heavy atom. The average molecular weight is 391 g/mol. The van der Waals surface area contributed by atoms with E-state index in [1.165, 1.54) is 6.20 Å². The van der Waals surface area contributed by atoms with E-state index in [2.05, 4.69) is 21.0 Å². The van der Waals surface area contributed by atoms with Crippen molar-refractivity contribution in [1.82, 2.24) is 19.5 Å². The standard InChI is InChI=1S/C23H13N5O2/c24-11-20-16(6-3-9-26-20)14-7-8-18-19(10-14)27-23(30)28(22(18)29)21-13-25-12-15-4-1-2-5-17(15)21/h1-10,12-13H,(H,27,30). The number of nitriles is 1. The SMILES string of the molecule is N#Cc1ncccc1-c1ccc2c(=O)n(-c3cncc4ccccc34)c(=O)[nH]c2c1. The summed E-state index contributed by atoms with van der Waals surface area (Å²) < 4.78 is 1.10. The first kappa shape index (κ1) is 17.5. The van der Waals surface area contributed by atoms with Gasteiger partial charge in [-0.2, -0.15) is 5.26 Å². The van der Waals surface area contributed by atoms with E-state index >= 15 is 0 Å². The molecule has 0 saturated heterocycles. The summed E-state index contributed by atoms with van der Waals surface area (Å²) in [6.45, 7) is 0. The molecule has 7 nitrogen and oxygen atoms in total. The van der Waals surface area contributed by atoms with Gasteiger partial charge in [-0.1, -0.05) is 30.3 Å². The van der Waals surface area contributed by atoms with Crippen LogP contribution in [0.15, 0.2) is 82.8 Å². The Morgan fingerprint density at radius 3 is 2.70 bits per heavy atom. The lowest BCUT2D eigenvalue weighted by molar-refractivity contribution is 0.902. The minimum atomic E-state index is -0.561. The molecule has 0 amide bonds. The molecule has 3 aromatic heterocycles. The van der Waals surface area contributed by atoms with Crippen LogP contribution < -0.4 is 11.2 Å². The number of H-pyrrole nitrogens is 1. The van der Waals surface area contributed by atoms with Gasteiger partial charge >= 0.3 is 5.69 Å². The second-order valence-electron chi connectivity index (χ2n) is 6.72. The van der Waals surface area contributed by atoms with Gasteiger partial charge in [-0.3, -0.25) is 9.78 Å². The van der Waals surface area contributed by atoms with Gasteiger partial charge in [0.05, 0.1) is 22.8 Å². The number of aromatic amines is 1. The number of nitrogens with zero attached hydrogens (tertiary/aromatic N) is 4. The lowest BCUT2D eigenvalue weighted by atomic mass is 10.0. The first-order valence-electron chi connectivity index (χ1n) is 9.15. The molecule has 0 spiro atoms. The zero-order chi connectivity index (χ0) is 20.7. The van der Waals surface area contributed by atoms with E-state index in [9.17, 15) is 14.9 Å². The van der Waals surface area contributed by atoms with Crippen LogP contribution >= 0.6 is 0 Å². The van der Waals surface area contributed by atoms with Crippen LogP contribution in [0.4, 0.5) is 0 Å². The normalized spacial score (nSPS) is 10.9. The fraction of sp³-hybridized carbons (Fsp3) is 0. The molecule has 1 N–H and O–H groups in total. The van der Waals surface area contributed by atoms with Crippen LogP contribution in [0.25, 0.3) is 38.5 Å². The van der Waals surface area contributed by atoms with Crippen LogP contribution in [0, 0.1) is 11.3 Å². The minimum absolute atomic E-state index is 0.273. The molecule has 3 heterocycles. The molecule has 0 radical (unpaired) electrons. The quantitative estimate of drug-likeness (QED) is 0.498. The van der Waals surface area contributed by atoms with Gasteiger partial charge in [-0.05, 0) is 29.8 Å². The Balaban J connectivity index is 1.77. The smallest absolute Gasteiger partial charge is 0.306 e. The van der Waals surface area contributed by atoms with Crippen LogP contribution in [0.1, 0.15) is 5.69 Å². The summed E-state index contributed by atoms with van der Waals surface area (Å²) in [4.78, 5) is 37.1. The molecule has 0 bridgehead atoms.